The number of ketones is 1. The van der Waals surface area contributed by atoms with Crippen LogP contribution in [0.4, 0.5) is 0 Å². The summed E-state index contributed by atoms with van der Waals surface area (Å²) in [4.78, 5) is 33.2. The molecule has 0 unspecified atom stereocenters. The minimum Gasteiger partial charge on any atom is -0.457 e. The van der Waals surface area contributed by atoms with Gasteiger partial charge in [0.25, 0.3) is 11.7 Å². The van der Waals surface area contributed by atoms with Crippen LogP contribution in [0.15, 0.2) is 10.5 Å². The lowest BCUT2D eigenvalue weighted by atomic mass is 10.2. The van der Waals surface area contributed by atoms with E-state index in [1.807, 2.05) is 0 Å². The summed E-state index contributed by atoms with van der Waals surface area (Å²) >= 11 is 0. The number of aldehydes is 1. The Bertz CT molecular complexity index is 479. The molecule has 0 bridgehead atoms. The number of aryl methyl sites for hydroxylation is 1. The third-order valence-electron chi connectivity index (χ3n) is 1.86. The molecule has 1 heterocycles. The highest BCUT2D eigenvalue weighted by Gasteiger charge is 2.20. The van der Waals surface area contributed by atoms with Gasteiger partial charge in [0, 0.05) is 0 Å². The lowest BCUT2D eigenvalue weighted by Crippen LogP contribution is -2.31. The molecule has 0 aliphatic carbocycles. The first kappa shape index (κ1) is 11.7. The summed E-state index contributed by atoms with van der Waals surface area (Å²) < 4.78 is 4.98. The molecule has 0 aliphatic rings. The van der Waals surface area contributed by atoms with Crippen molar-refractivity contribution in [3.63, 3.8) is 0 Å². The number of terminal acetylenes is 1. The molecular weight excluding hydrogens is 210 g/mol. The van der Waals surface area contributed by atoms with Gasteiger partial charge in [-0.3, -0.25) is 14.4 Å². The Morgan fingerprint density at radius 3 is 2.81 bits per heavy atom. The van der Waals surface area contributed by atoms with Gasteiger partial charge in [0.1, 0.15) is 5.76 Å². The van der Waals surface area contributed by atoms with Crippen molar-refractivity contribution in [2.24, 2.45) is 0 Å². The smallest absolute Gasteiger partial charge is 0.296 e. The van der Waals surface area contributed by atoms with Gasteiger partial charge in [-0.1, -0.05) is 5.92 Å². The monoisotopic (exact) mass is 219 g/mol. The maximum absolute atomic E-state index is 11.4. The molecule has 0 fully saturated rings. The van der Waals surface area contributed by atoms with Crippen LogP contribution < -0.4 is 5.32 Å². The number of nitrogens with one attached hydrogen (secondary N) is 1. The average molecular weight is 219 g/mol. The largest absolute Gasteiger partial charge is 0.457 e. The standard InChI is InChI=1S/C11H9NO4/c1-3-4-12-11(15)10(14)9-5-8(6-13)7(2)16-9/h1,5-6H,4H2,2H3,(H,12,15). The van der Waals surface area contributed by atoms with Gasteiger partial charge in [-0.05, 0) is 13.0 Å². The first-order valence-electron chi connectivity index (χ1n) is 4.41. The number of carbonyl (C=O) groups is 3. The number of rotatable bonds is 4. The second-order valence-electron chi connectivity index (χ2n) is 2.96. The van der Waals surface area contributed by atoms with E-state index in [9.17, 15) is 14.4 Å². The van der Waals surface area contributed by atoms with Crippen molar-refractivity contribution in [3.8, 4) is 12.3 Å². The predicted molar refractivity (Wildman–Crippen MR) is 55.0 cm³/mol. The van der Waals surface area contributed by atoms with E-state index in [4.69, 9.17) is 10.8 Å². The lowest BCUT2D eigenvalue weighted by molar-refractivity contribution is -0.116. The molecule has 5 nitrogen and oxygen atoms in total. The fourth-order valence-electron chi connectivity index (χ4n) is 1.05. The zero-order valence-electron chi connectivity index (χ0n) is 8.57. The molecule has 16 heavy (non-hydrogen) atoms. The molecule has 0 saturated heterocycles. The summed E-state index contributed by atoms with van der Waals surface area (Å²) in [5.74, 6) is 0.572. The Balaban J connectivity index is 2.84. The van der Waals surface area contributed by atoms with E-state index in [0.717, 1.165) is 0 Å². The fraction of sp³-hybridized carbons (Fsp3) is 0.182. The topological polar surface area (TPSA) is 76.4 Å². The zero-order chi connectivity index (χ0) is 12.1. The van der Waals surface area contributed by atoms with E-state index in [-0.39, 0.29) is 17.9 Å². The van der Waals surface area contributed by atoms with Crippen molar-refractivity contribution in [3.05, 3.63) is 23.2 Å². The van der Waals surface area contributed by atoms with Gasteiger partial charge in [-0.25, -0.2) is 0 Å². The fourth-order valence-corrected chi connectivity index (χ4v) is 1.05. The van der Waals surface area contributed by atoms with E-state index in [2.05, 4.69) is 11.2 Å². The third-order valence-corrected chi connectivity index (χ3v) is 1.86. The van der Waals surface area contributed by atoms with Gasteiger partial charge in [-0.15, -0.1) is 6.42 Å². The molecule has 5 heteroatoms. The predicted octanol–water partition coefficient (Wildman–Crippen LogP) is 0.333. The van der Waals surface area contributed by atoms with Crippen molar-refractivity contribution in [1.82, 2.24) is 5.32 Å². The van der Waals surface area contributed by atoms with E-state index < -0.39 is 11.7 Å². The summed E-state index contributed by atoms with van der Waals surface area (Å²) in [5.41, 5.74) is 0.244. The van der Waals surface area contributed by atoms with Crippen LogP contribution in [0.3, 0.4) is 0 Å². The van der Waals surface area contributed by atoms with Gasteiger partial charge >= 0.3 is 0 Å². The van der Waals surface area contributed by atoms with Crippen molar-refractivity contribution < 1.29 is 18.8 Å². The number of amides is 1. The van der Waals surface area contributed by atoms with Crippen LogP contribution in [0.5, 0.6) is 0 Å². The summed E-state index contributed by atoms with van der Waals surface area (Å²) in [7, 11) is 0. The molecule has 0 aromatic carbocycles. The van der Waals surface area contributed by atoms with Crippen LogP contribution in [-0.4, -0.2) is 24.5 Å². The van der Waals surface area contributed by atoms with Gasteiger partial charge in [0.05, 0.1) is 12.1 Å². The molecule has 0 aliphatic heterocycles. The molecule has 1 rings (SSSR count). The second kappa shape index (κ2) is 4.94. The molecule has 82 valence electrons. The van der Waals surface area contributed by atoms with Crippen LogP contribution in [0, 0.1) is 19.3 Å². The minimum atomic E-state index is -0.857. The number of hydrogen-bond donors (Lipinski definition) is 1. The molecule has 1 aromatic heterocycles. The normalized spacial score (nSPS) is 9.25. The Hall–Kier alpha value is -2.35. The van der Waals surface area contributed by atoms with E-state index >= 15 is 0 Å². The highest BCUT2D eigenvalue weighted by atomic mass is 16.3. The van der Waals surface area contributed by atoms with Crippen LogP contribution >= 0.6 is 0 Å². The van der Waals surface area contributed by atoms with Crippen LogP contribution in [0.2, 0.25) is 0 Å². The van der Waals surface area contributed by atoms with Crippen LogP contribution in [0.25, 0.3) is 0 Å². The Labute approximate surface area is 91.8 Å². The highest BCUT2D eigenvalue weighted by Crippen LogP contribution is 2.12. The Kier molecular flexibility index (Phi) is 3.62. The summed E-state index contributed by atoms with van der Waals surface area (Å²) in [5, 5.41) is 2.20. The quantitative estimate of drug-likeness (QED) is 0.342. The number of carbonyl (C=O) groups excluding carboxylic acids is 3. The lowest BCUT2D eigenvalue weighted by Gasteiger charge is -1.96. The third kappa shape index (κ3) is 2.36. The van der Waals surface area contributed by atoms with Crippen molar-refractivity contribution in [1.29, 1.82) is 0 Å². The highest BCUT2D eigenvalue weighted by molar-refractivity contribution is 6.42. The molecule has 1 N–H and O–H groups in total. The summed E-state index contributed by atoms with van der Waals surface area (Å²) in [6, 6.07) is 1.22. The van der Waals surface area contributed by atoms with Crippen LogP contribution in [-0.2, 0) is 4.79 Å². The molecular formula is C11H9NO4. The molecule has 0 spiro atoms. The maximum Gasteiger partial charge on any atom is 0.296 e. The molecule has 0 radical (unpaired) electrons. The van der Waals surface area contributed by atoms with Gasteiger partial charge < -0.3 is 9.73 Å². The average Bonchev–Trinajstić information content (AvgIpc) is 2.66. The van der Waals surface area contributed by atoms with E-state index in [1.165, 1.54) is 13.0 Å². The van der Waals surface area contributed by atoms with Crippen molar-refractivity contribution >= 4 is 18.0 Å². The first-order chi connectivity index (χ1) is 7.60. The van der Waals surface area contributed by atoms with E-state index in [1.54, 1.807) is 0 Å². The number of furan rings is 1. The SMILES string of the molecule is C#CCNC(=O)C(=O)c1cc(C=O)c(C)o1. The molecule has 0 saturated carbocycles. The number of hydrogen-bond acceptors (Lipinski definition) is 4. The van der Waals surface area contributed by atoms with Gasteiger partial charge in [-0.2, -0.15) is 0 Å². The van der Waals surface area contributed by atoms with Crippen LogP contribution in [0.1, 0.15) is 26.7 Å². The first-order valence-corrected chi connectivity index (χ1v) is 4.41. The zero-order valence-corrected chi connectivity index (χ0v) is 8.57. The minimum absolute atomic E-state index is 0.0369. The summed E-state index contributed by atoms with van der Waals surface area (Å²) in [6.45, 7) is 1.49. The molecule has 1 amide bonds. The number of Topliss-reactive ketones (excluding diaryl/α,β-unsaturated/α-hetero) is 1. The molecule has 0 atom stereocenters. The van der Waals surface area contributed by atoms with Gasteiger partial charge in [0.15, 0.2) is 12.0 Å². The van der Waals surface area contributed by atoms with E-state index in [0.29, 0.717) is 12.0 Å². The maximum atomic E-state index is 11.4. The Morgan fingerprint density at radius 2 is 2.31 bits per heavy atom. The van der Waals surface area contributed by atoms with Gasteiger partial charge in [0.2, 0.25) is 0 Å². The Morgan fingerprint density at radius 1 is 1.62 bits per heavy atom. The summed E-state index contributed by atoms with van der Waals surface area (Å²) in [6.07, 6.45) is 5.47. The van der Waals surface area contributed by atoms with Crippen molar-refractivity contribution in [2.75, 3.05) is 6.54 Å². The molecule has 1 aromatic rings. The van der Waals surface area contributed by atoms with Crippen molar-refractivity contribution in [2.45, 2.75) is 6.92 Å². The second-order valence-corrected chi connectivity index (χ2v) is 2.96.